The zero-order valence-electron chi connectivity index (χ0n) is 12.2. The lowest BCUT2D eigenvalue weighted by atomic mass is 10.2. The maximum Gasteiger partial charge on any atom is 0.269 e. The van der Waals surface area contributed by atoms with Crippen LogP contribution in [0.25, 0.3) is 0 Å². The van der Waals surface area contributed by atoms with Gasteiger partial charge in [-0.2, -0.15) is 5.10 Å². The van der Waals surface area contributed by atoms with Crippen LogP contribution in [0.4, 0.5) is 0 Å². The van der Waals surface area contributed by atoms with Crippen LogP contribution in [-0.4, -0.2) is 20.4 Å². The van der Waals surface area contributed by atoms with Crippen LogP contribution in [0.5, 0.6) is 0 Å². The standard InChI is InChI=1S/C14H17BrN4O2/c1-9-6-10(2)19(14(21)7-9)17-13(20)4-5-18-11(3)12(15)8-16-18/h6-8H,4-5H2,1-3H3,(H,17,20). The molecule has 1 amide bonds. The highest BCUT2D eigenvalue weighted by atomic mass is 79.9. The molecule has 0 fully saturated rings. The molecule has 0 unspecified atom stereocenters. The van der Waals surface area contributed by atoms with Crippen LogP contribution in [0, 0.1) is 20.8 Å². The first-order valence-corrected chi connectivity index (χ1v) is 7.36. The summed E-state index contributed by atoms with van der Waals surface area (Å²) in [6, 6.07) is 3.33. The Morgan fingerprint density at radius 1 is 1.33 bits per heavy atom. The van der Waals surface area contributed by atoms with Crippen LogP contribution >= 0.6 is 15.9 Å². The van der Waals surface area contributed by atoms with E-state index < -0.39 is 0 Å². The molecule has 0 atom stereocenters. The van der Waals surface area contributed by atoms with Gasteiger partial charge in [0.25, 0.3) is 5.56 Å². The molecule has 1 N–H and O–H groups in total. The lowest BCUT2D eigenvalue weighted by molar-refractivity contribution is -0.117. The fourth-order valence-electron chi connectivity index (χ4n) is 2.05. The van der Waals surface area contributed by atoms with Crippen molar-refractivity contribution in [1.29, 1.82) is 0 Å². The molecule has 0 saturated heterocycles. The Balaban J connectivity index is 2.03. The molecule has 2 aromatic rings. The van der Waals surface area contributed by atoms with Gasteiger partial charge >= 0.3 is 0 Å². The third-order valence-corrected chi connectivity index (χ3v) is 3.97. The minimum absolute atomic E-state index is 0.227. The van der Waals surface area contributed by atoms with E-state index in [-0.39, 0.29) is 17.9 Å². The van der Waals surface area contributed by atoms with Crippen molar-refractivity contribution in [2.75, 3.05) is 5.43 Å². The summed E-state index contributed by atoms with van der Waals surface area (Å²) in [5.41, 5.74) is 4.92. The molecule has 0 saturated carbocycles. The molecule has 0 aliphatic carbocycles. The third kappa shape index (κ3) is 3.60. The van der Waals surface area contributed by atoms with E-state index in [0.717, 1.165) is 15.7 Å². The summed E-state index contributed by atoms with van der Waals surface area (Å²) in [4.78, 5) is 23.8. The van der Waals surface area contributed by atoms with Gasteiger partial charge in [-0.05, 0) is 48.3 Å². The largest absolute Gasteiger partial charge is 0.273 e. The average Bonchev–Trinajstić information content (AvgIpc) is 2.72. The first kappa shape index (κ1) is 15.5. The number of carbonyl (C=O) groups excluding carboxylic acids is 1. The molecule has 0 aliphatic heterocycles. The van der Waals surface area contributed by atoms with Crippen molar-refractivity contribution >= 4 is 21.8 Å². The third-order valence-electron chi connectivity index (χ3n) is 3.19. The monoisotopic (exact) mass is 352 g/mol. The number of rotatable bonds is 4. The highest BCUT2D eigenvalue weighted by Crippen LogP contribution is 2.14. The van der Waals surface area contributed by atoms with E-state index in [9.17, 15) is 9.59 Å². The van der Waals surface area contributed by atoms with Crippen molar-refractivity contribution in [3.05, 3.63) is 50.1 Å². The van der Waals surface area contributed by atoms with Crippen LogP contribution in [0.3, 0.4) is 0 Å². The van der Waals surface area contributed by atoms with Gasteiger partial charge in [0.2, 0.25) is 5.91 Å². The van der Waals surface area contributed by atoms with Crippen LogP contribution in [0.1, 0.15) is 23.4 Å². The van der Waals surface area contributed by atoms with Gasteiger partial charge in [-0.3, -0.25) is 19.7 Å². The second-order valence-corrected chi connectivity index (χ2v) is 5.79. The molecule has 2 heterocycles. The van der Waals surface area contributed by atoms with Gasteiger partial charge < -0.3 is 0 Å². The highest BCUT2D eigenvalue weighted by Gasteiger charge is 2.09. The molecule has 7 heteroatoms. The number of hydrogen-bond acceptors (Lipinski definition) is 3. The lowest BCUT2D eigenvalue weighted by Crippen LogP contribution is -2.34. The Morgan fingerprint density at radius 2 is 2.05 bits per heavy atom. The van der Waals surface area contributed by atoms with Crippen molar-refractivity contribution in [3.63, 3.8) is 0 Å². The predicted octanol–water partition coefficient (Wildman–Crippen LogP) is 1.89. The van der Waals surface area contributed by atoms with Gasteiger partial charge in [-0.25, -0.2) is 4.68 Å². The quantitative estimate of drug-likeness (QED) is 0.913. The van der Waals surface area contributed by atoms with Gasteiger partial charge in [0.05, 0.1) is 17.2 Å². The lowest BCUT2D eigenvalue weighted by Gasteiger charge is -2.12. The van der Waals surface area contributed by atoms with Gasteiger partial charge in [0.1, 0.15) is 0 Å². The Kier molecular flexibility index (Phi) is 4.62. The summed E-state index contributed by atoms with van der Waals surface area (Å²) in [5.74, 6) is -0.227. The summed E-state index contributed by atoms with van der Waals surface area (Å²) >= 11 is 3.37. The minimum atomic E-state index is -0.237. The van der Waals surface area contributed by atoms with E-state index in [0.29, 0.717) is 12.2 Å². The number of nitrogens with one attached hydrogen (secondary N) is 1. The number of nitrogens with zero attached hydrogens (tertiary/aromatic N) is 3. The Morgan fingerprint density at radius 3 is 2.62 bits per heavy atom. The molecule has 2 aromatic heterocycles. The van der Waals surface area contributed by atoms with Gasteiger partial charge in [0, 0.05) is 23.9 Å². The minimum Gasteiger partial charge on any atom is -0.273 e. The van der Waals surface area contributed by atoms with E-state index in [2.05, 4.69) is 26.5 Å². The van der Waals surface area contributed by atoms with Gasteiger partial charge in [0.15, 0.2) is 0 Å². The molecule has 0 bridgehead atoms. The fraction of sp³-hybridized carbons (Fsp3) is 0.357. The van der Waals surface area contributed by atoms with Crippen molar-refractivity contribution in [1.82, 2.24) is 14.5 Å². The number of pyridine rings is 1. The Bertz CT molecular complexity index is 733. The number of aromatic nitrogens is 3. The molecule has 0 spiro atoms. The number of hydrogen-bond donors (Lipinski definition) is 1. The topological polar surface area (TPSA) is 68.9 Å². The van der Waals surface area contributed by atoms with E-state index in [1.165, 1.54) is 10.7 Å². The highest BCUT2D eigenvalue weighted by molar-refractivity contribution is 9.10. The molecule has 0 aromatic carbocycles. The molecule has 2 rings (SSSR count). The second kappa shape index (κ2) is 6.26. The molecule has 6 nitrogen and oxygen atoms in total. The van der Waals surface area contributed by atoms with Crippen molar-refractivity contribution in [2.24, 2.45) is 0 Å². The number of amides is 1. The summed E-state index contributed by atoms with van der Waals surface area (Å²) in [6.07, 6.45) is 1.94. The average molecular weight is 353 g/mol. The first-order valence-electron chi connectivity index (χ1n) is 6.56. The SMILES string of the molecule is Cc1cc(C)n(NC(=O)CCn2ncc(Br)c2C)c(=O)c1. The van der Waals surface area contributed by atoms with Crippen molar-refractivity contribution < 1.29 is 4.79 Å². The number of carbonyl (C=O) groups is 1. The summed E-state index contributed by atoms with van der Waals surface area (Å²) < 4.78 is 3.92. The Labute approximate surface area is 130 Å². The zero-order chi connectivity index (χ0) is 15.6. The normalized spacial score (nSPS) is 10.7. The second-order valence-electron chi connectivity index (χ2n) is 4.93. The number of halogens is 1. The summed E-state index contributed by atoms with van der Waals surface area (Å²) in [5, 5.41) is 4.16. The molecule has 21 heavy (non-hydrogen) atoms. The fourth-order valence-corrected chi connectivity index (χ4v) is 2.35. The first-order chi connectivity index (χ1) is 9.88. The molecule has 0 radical (unpaired) electrons. The van der Waals surface area contributed by atoms with Gasteiger partial charge in [-0.1, -0.05) is 0 Å². The summed E-state index contributed by atoms with van der Waals surface area (Å²) in [7, 11) is 0. The van der Waals surface area contributed by atoms with Crippen molar-refractivity contribution in [2.45, 2.75) is 33.7 Å². The maximum atomic E-state index is 12.0. The maximum absolute atomic E-state index is 12.0. The molecular formula is C14H17BrN4O2. The van der Waals surface area contributed by atoms with E-state index in [1.54, 1.807) is 17.8 Å². The number of aryl methyl sites for hydroxylation is 3. The van der Waals surface area contributed by atoms with E-state index >= 15 is 0 Å². The Hall–Kier alpha value is -1.89. The van der Waals surface area contributed by atoms with E-state index in [1.807, 2.05) is 19.9 Å². The van der Waals surface area contributed by atoms with Crippen LogP contribution in [-0.2, 0) is 11.3 Å². The molecular weight excluding hydrogens is 336 g/mol. The van der Waals surface area contributed by atoms with Crippen molar-refractivity contribution in [3.8, 4) is 0 Å². The zero-order valence-corrected chi connectivity index (χ0v) is 13.8. The van der Waals surface area contributed by atoms with Crippen LogP contribution in [0.2, 0.25) is 0 Å². The predicted molar refractivity (Wildman–Crippen MR) is 83.8 cm³/mol. The van der Waals surface area contributed by atoms with Crippen LogP contribution < -0.4 is 11.0 Å². The smallest absolute Gasteiger partial charge is 0.269 e. The molecule has 112 valence electrons. The van der Waals surface area contributed by atoms with E-state index in [4.69, 9.17) is 0 Å². The molecule has 0 aliphatic rings. The van der Waals surface area contributed by atoms with Gasteiger partial charge in [-0.15, -0.1) is 0 Å². The van der Waals surface area contributed by atoms with Crippen LogP contribution in [0.15, 0.2) is 27.6 Å². The summed E-state index contributed by atoms with van der Waals surface area (Å²) in [6.45, 7) is 6.01.